The predicted octanol–water partition coefficient (Wildman–Crippen LogP) is 2.95. The number of amides is 2. The van der Waals surface area contributed by atoms with E-state index in [0.29, 0.717) is 23.5 Å². The molecule has 0 spiro atoms. The Morgan fingerprint density at radius 3 is 2.54 bits per heavy atom. The van der Waals surface area contributed by atoms with Crippen molar-refractivity contribution in [1.29, 1.82) is 0 Å². The quantitative estimate of drug-likeness (QED) is 0.717. The maximum atomic E-state index is 12.6. The number of benzene rings is 2. The van der Waals surface area contributed by atoms with E-state index in [1.807, 2.05) is 49.0 Å². The summed E-state index contributed by atoms with van der Waals surface area (Å²) in [6.07, 6.45) is 1.82. The number of nitrogens with one attached hydrogen (secondary N) is 2. The fourth-order valence-corrected chi connectivity index (χ4v) is 2.75. The summed E-state index contributed by atoms with van der Waals surface area (Å²) in [5, 5.41) is 6.47. The lowest BCUT2D eigenvalue weighted by molar-refractivity contribution is -0.122. The molecule has 0 aliphatic heterocycles. The Hall–Kier alpha value is -3.28. The second-order valence-corrected chi connectivity index (χ2v) is 5.89. The van der Waals surface area contributed by atoms with Gasteiger partial charge in [-0.1, -0.05) is 18.2 Å². The van der Waals surface area contributed by atoms with Gasteiger partial charge in [0, 0.05) is 36.4 Å². The van der Waals surface area contributed by atoms with Crippen molar-refractivity contribution in [2.75, 3.05) is 18.5 Å². The van der Waals surface area contributed by atoms with E-state index in [2.05, 4.69) is 10.6 Å². The van der Waals surface area contributed by atoms with E-state index in [1.165, 1.54) is 0 Å². The van der Waals surface area contributed by atoms with Crippen molar-refractivity contribution < 1.29 is 14.3 Å². The van der Waals surface area contributed by atoms with Crippen molar-refractivity contribution in [2.45, 2.75) is 6.92 Å². The number of hydrogen-bond acceptors (Lipinski definition) is 3. The first-order chi connectivity index (χ1) is 12.6. The summed E-state index contributed by atoms with van der Waals surface area (Å²) < 4.78 is 7.33. The number of anilines is 1. The third-order valence-electron chi connectivity index (χ3n) is 4.00. The third kappa shape index (κ3) is 3.85. The molecule has 3 rings (SSSR count). The van der Waals surface area contributed by atoms with Crippen molar-refractivity contribution in [3.05, 3.63) is 60.3 Å². The SMILES string of the molecule is CCNC(=O)COc1ccc(NC(=O)c2cn(C)c3ccccc23)cc1. The van der Waals surface area contributed by atoms with Crippen LogP contribution in [0.25, 0.3) is 10.9 Å². The van der Waals surface area contributed by atoms with E-state index in [-0.39, 0.29) is 18.4 Å². The second-order valence-electron chi connectivity index (χ2n) is 5.89. The van der Waals surface area contributed by atoms with Crippen LogP contribution in [-0.4, -0.2) is 29.5 Å². The van der Waals surface area contributed by atoms with E-state index in [9.17, 15) is 9.59 Å². The lowest BCUT2D eigenvalue weighted by atomic mass is 10.1. The number of aryl methyl sites for hydroxylation is 1. The fourth-order valence-electron chi connectivity index (χ4n) is 2.75. The molecule has 0 saturated heterocycles. The Labute approximate surface area is 151 Å². The van der Waals surface area contributed by atoms with Crippen LogP contribution in [0.5, 0.6) is 5.75 Å². The highest BCUT2D eigenvalue weighted by Gasteiger charge is 2.13. The summed E-state index contributed by atoms with van der Waals surface area (Å²) in [4.78, 5) is 24.0. The molecule has 6 heteroatoms. The number of para-hydroxylation sites is 1. The van der Waals surface area contributed by atoms with Crippen LogP contribution in [0.4, 0.5) is 5.69 Å². The van der Waals surface area contributed by atoms with Gasteiger partial charge in [-0.25, -0.2) is 0 Å². The molecule has 0 aliphatic carbocycles. The van der Waals surface area contributed by atoms with E-state index < -0.39 is 0 Å². The summed E-state index contributed by atoms with van der Waals surface area (Å²) in [6.45, 7) is 2.39. The first-order valence-electron chi connectivity index (χ1n) is 8.43. The molecule has 134 valence electrons. The molecule has 0 radical (unpaired) electrons. The summed E-state index contributed by atoms with van der Waals surface area (Å²) >= 11 is 0. The normalized spacial score (nSPS) is 10.5. The highest BCUT2D eigenvalue weighted by molar-refractivity contribution is 6.12. The highest BCUT2D eigenvalue weighted by Crippen LogP contribution is 2.22. The van der Waals surface area contributed by atoms with Gasteiger partial charge in [-0.2, -0.15) is 0 Å². The molecule has 3 aromatic rings. The molecule has 2 N–H and O–H groups in total. The molecular weight excluding hydrogens is 330 g/mol. The van der Waals surface area contributed by atoms with E-state index in [4.69, 9.17) is 4.74 Å². The number of carbonyl (C=O) groups is 2. The van der Waals surface area contributed by atoms with Gasteiger partial charge in [0.2, 0.25) is 0 Å². The van der Waals surface area contributed by atoms with Gasteiger partial charge in [0.25, 0.3) is 11.8 Å². The Morgan fingerprint density at radius 2 is 1.81 bits per heavy atom. The zero-order valence-corrected chi connectivity index (χ0v) is 14.8. The molecule has 26 heavy (non-hydrogen) atoms. The number of fused-ring (bicyclic) bond motifs is 1. The van der Waals surface area contributed by atoms with Gasteiger partial charge < -0.3 is 19.9 Å². The van der Waals surface area contributed by atoms with Gasteiger partial charge >= 0.3 is 0 Å². The number of rotatable bonds is 6. The van der Waals surface area contributed by atoms with Gasteiger partial charge in [-0.15, -0.1) is 0 Å². The number of hydrogen-bond donors (Lipinski definition) is 2. The van der Waals surface area contributed by atoms with Crippen molar-refractivity contribution in [1.82, 2.24) is 9.88 Å². The summed E-state index contributed by atoms with van der Waals surface area (Å²) in [5.41, 5.74) is 2.29. The molecule has 0 bridgehead atoms. The Kier molecular flexibility index (Phi) is 5.22. The Morgan fingerprint density at radius 1 is 1.08 bits per heavy atom. The largest absolute Gasteiger partial charge is 0.484 e. The van der Waals surface area contributed by atoms with Crippen LogP contribution in [0, 0.1) is 0 Å². The maximum absolute atomic E-state index is 12.6. The molecule has 0 saturated carbocycles. The van der Waals surface area contributed by atoms with Gasteiger partial charge in [0.05, 0.1) is 5.56 Å². The van der Waals surface area contributed by atoms with Gasteiger partial charge in [0.15, 0.2) is 6.61 Å². The summed E-state index contributed by atoms with van der Waals surface area (Å²) in [6, 6.07) is 14.7. The lowest BCUT2D eigenvalue weighted by Crippen LogP contribution is -2.28. The second kappa shape index (κ2) is 7.74. The molecule has 0 fully saturated rings. The van der Waals surface area contributed by atoms with E-state index >= 15 is 0 Å². The van der Waals surface area contributed by atoms with Crippen molar-refractivity contribution in [3.8, 4) is 5.75 Å². The fraction of sp³-hybridized carbons (Fsp3) is 0.200. The zero-order valence-electron chi connectivity index (χ0n) is 14.8. The van der Waals surface area contributed by atoms with Crippen LogP contribution in [0.3, 0.4) is 0 Å². The number of ether oxygens (including phenoxy) is 1. The third-order valence-corrected chi connectivity index (χ3v) is 4.00. The smallest absolute Gasteiger partial charge is 0.257 e. The molecule has 1 aromatic heterocycles. The lowest BCUT2D eigenvalue weighted by Gasteiger charge is -2.08. The van der Waals surface area contributed by atoms with E-state index in [0.717, 1.165) is 10.9 Å². The highest BCUT2D eigenvalue weighted by atomic mass is 16.5. The predicted molar refractivity (Wildman–Crippen MR) is 101 cm³/mol. The zero-order chi connectivity index (χ0) is 18.5. The molecule has 2 aromatic carbocycles. The Balaban J connectivity index is 1.67. The average molecular weight is 351 g/mol. The Bertz CT molecular complexity index is 929. The number of aromatic nitrogens is 1. The minimum absolute atomic E-state index is 0.0322. The van der Waals surface area contributed by atoms with Gasteiger partial charge in [-0.3, -0.25) is 9.59 Å². The first kappa shape index (κ1) is 17.5. The van der Waals surface area contributed by atoms with Crippen LogP contribution in [-0.2, 0) is 11.8 Å². The van der Waals surface area contributed by atoms with Crippen molar-refractivity contribution in [3.63, 3.8) is 0 Å². The number of nitrogens with zero attached hydrogens (tertiary/aromatic N) is 1. The summed E-state index contributed by atoms with van der Waals surface area (Å²) in [5.74, 6) is 0.234. The molecule has 0 unspecified atom stereocenters. The molecule has 1 heterocycles. The topological polar surface area (TPSA) is 72.4 Å². The molecule has 6 nitrogen and oxygen atoms in total. The van der Waals surface area contributed by atoms with Crippen molar-refractivity contribution >= 4 is 28.4 Å². The van der Waals surface area contributed by atoms with Crippen LogP contribution in [0.15, 0.2) is 54.7 Å². The minimum atomic E-state index is -0.169. The minimum Gasteiger partial charge on any atom is -0.484 e. The molecular formula is C20H21N3O3. The standard InChI is InChI=1S/C20H21N3O3/c1-3-21-19(24)13-26-15-10-8-14(9-11-15)22-20(25)17-12-23(2)18-7-5-4-6-16(17)18/h4-12H,3,13H2,1-2H3,(H,21,24)(H,22,25). The molecule has 0 aliphatic rings. The molecule has 2 amide bonds. The van der Waals surface area contributed by atoms with Crippen LogP contribution >= 0.6 is 0 Å². The van der Waals surface area contributed by atoms with Gasteiger partial charge in [-0.05, 0) is 37.3 Å². The van der Waals surface area contributed by atoms with Crippen molar-refractivity contribution in [2.24, 2.45) is 7.05 Å². The summed E-state index contributed by atoms with van der Waals surface area (Å²) in [7, 11) is 1.92. The van der Waals surface area contributed by atoms with E-state index in [1.54, 1.807) is 24.3 Å². The van der Waals surface area contributed by atoms with Gasteiger partial charge in [0.1, 0.15) is 5.75 Å². The monoisotopic (exact) mass is 351 g/mol. The average Bonchev–Trinajstić information content (AvgIpc) is 2.99. The molecule has 0 atom stereocenters. The first-order valence-corrected chi connectivity index (χ1v) is 8.43. The van der Waals surface area contributed by atoms with Crippen LogP contribution in [0.1, 0.15) is 17.3 Å². The number of likely N-dealkylation sites (N-methyl/N-ethyl adjacent to an activating group) is 1. The maximum Gasteiger partial charge on any atom is 0.257 e. The van der Waals surface area contributed by atoms with Crippen LogP contribution < -0.4 is 15.4 Å². The van der Waals surface area contributed by atoms with Crippen LogP contribution in [0.2, 0.25) is 0 Å². The number of carbonyl (C=O) groups excluding carboxylic acids is 2.